The van der Waals surface area contributed by atoms with Gasteiger partial charge >= 0.3 is 5.97 Å². The molecule has 0 saturated carbocycles. The van der Waals surface area contributed by atoms with Crippen molar-refractivity contribution in [2.45, 2.75) is 32.2 Å². The van der Waals surface area contributed by atoms with Crippen molar-refractivity contribution in [3.8, 4) is 0 Å². The van der Waals surface area contributed by atoms with Gasteiger partial charge in [-0.05, 0) is 32.4 Å². The smallest absolute Gasteiger partial charge is 0.312 e. The molecule has 0 radical (unpaired) electrons. The number of halogens is 1. The van der Waals surface area contributed by atoms with Gasteiger partial charge in [0.25, 0.3) is 5.91 Å². The Labute approximate surface area is 160 Å². The average molecular weight is 401 g/mol. The molecule has 1 saturated heterocycles. The highest BCUT2D eigenvalue weighted by Crippen LogP contribution is 2.18. The summed E-state index contributed by atoms with van der Waals surface area (Å²) in [6.07, 6.45) is 4.01. The zero-order valence-electron chi connectivity index (χ0n) is 14.3. The number of anilines is 1. The van der Waals surface area contributed by atoms with Gasteiger partial charge in [0, 0.05) is 12.7 Å². The standard InChI is InChI=1S/C15H20N6O3S.ClH/c1-2-24-13(22)8-12-18-19-15(25-12)17-14(23)11-5-7-21(20-11)10-4-3-6-16-9-10;/h5,7,10,16H,2-4,6,8-9H2,1H3,(H,17,19,23);1H. The number of carbonyl (C=O) groups excluding carboxylic acids is 2. The third kappa shape index (κ3) is 5.23. The number of carbonyl (C=O) groups is 2. The first-order valence-corrected chi connectivity index (χ1v) is 9.02. The summed E-state index contributed by atoms with van der Waals surface area (Å²) in [4.78, 5) is 23.7. The highest BCUT2D eigenvalue weighted by molar-refractivity contribution is 7.15. The van der Waals surface area contributed by atoms with Crippen LogP contribution < -0.4 is 10.6 Å². The number of hydrogen-bond donors (Lipinski definition) is 2. The van der Waals surface area contributed by atoms with Crippen molar-refractivity contribution in [3.63, 3.8) is 0 Å². The van der Waals surface area contributed by atoms with E-state index in [4.69, 9.17) is 4.74 Å². The maximum atomic E-state index is 12.3. The Kier molecular flexibility index (Phi) is 7.49. The quantitative estimate of drug-likeness (QED) is 0.705. The number of amides is 1. The summed E-state index contributed by atoms with van der Waals surface area (Å²) < 4.78 is 6.69. The van der Waals surface area contributed by atoms with E-state index < -0.39 is 0 Å². The second-order valence-electron chi connectivity index (χ2n) is 5.62. The first-order valence-electron chi connectivity index (χ1n) is 8.21. The van der Waals surface area contributed by atoms with Crippen LogP contribution in [0.3, 0.4) is 0 Å². The van der Waals surface area contributed by atoms with E-state index in [1.165, 1.54) is 0 Å². The molecule has 9 nitrogen and oxygen atoms in total. The number of ether oxygens (including phenoxy) is 1. The van der Waals surface area contributed by atoms with E-state index in [0.717, 1.165) is 37.3 Å². The number of piperidine rings is 1. The van der Waals surface area contributed by atoms with Crippen LogP contribution in [0.25, 0.3) is 0 Å². The molecule has 2 aromatic rings. The molecule has 1 fully saturated rings. The molecular formula is C15H21ClN6O3S. The molecule has 2 N–H and O–H groups in total. The Morgan fingerprint density at radius 1 is 1.46 bits per heavy atom. The number of hydrogen-bond acceptors (Lipinski definition) is 8. The fraction of sp³-hybridized carbons (Fsp3) is 0.533. The molecule has 2 aromatic heterocycles. The van der Waals surface area contributed by atoms with Gasteiger partial charge in [-0.25, -0.2) is 0 Å². The molecule has 3 heterocycles. The van der Waals surface area contributed by atoms with Crippen molar-refractivity contribution in [2.24, 2.45) is 0 Å². The Morgan fingerprint density at radius 2 is 2.31 bits per heavy atom. The molecule has 1 atom stereocenters. The molecule has 1 aliphatic rings. The number of aromatic nitrogens is 4. The van der Waals surface area contributed by atoms with Gasteiger partial charge in [0.1, 0.15) is 5.01 Å². The molecule has 26 heavy (non-hydrogen) atoms. The molecule has 3 rings (SSSR count). The number of esters is 1. The predicted molar refractivity (Wildman–Crippen MR) is 98.8 cm³/mol. The molecule has 0 bridgehead atoms. The Bertz CT molecular complexity index is 743. The maximum absolute atomic E-state index is 12.3. The molecule has 1 aliphatic heterocycles. The van der Waals surface area contributed by atoms with Gasteiger partial charge in [-0.1, -0.05) is 11.3 Å². The topological polar surface area (TPSA) is 111 Å². The summed E-state index contributed by atoms with van der Waals surface area (Å²) in [5.41, 5.74) is 0.327. The summed E-state index contributed by atoms with van der Waals surface area (Å²) in [5, 5.41) is 18.9. The number of nitrogens with zero attached hydrogens (tertiary/aromatic N) is 4. The zero-order chi connectivity index (χ0) is 17.6. The van der Waals surface area contributed by atoms with E-state index >= 15 is 0 Å². The van der Waals surface area contributed by atoms with Gasteiger partial charge in [0.15, 0.2) is 5.69 Å². The Hall–Kier alpha value is -2.04. The number of nitrogens with one attached hydrogen (secondary N) is 2. The Morgan fingerprint density at radius 3 is 3.04 bits per heavy atom. The van der Waals surface area contributed by atoms with Crippen molar-refractivity contribution in [1.29, 1.82) is 0 Å². The highest BCUT2D eigenvalue weighted by Gasteiger charge is 2.19. The summed E-state index contributed by atoms with van der Waals surface area (Å²) >= 11 is 1.15. The molecule has 0 aliphatic carbocycles. The molecule has 142 valence electrons. The van der Waals surface area contributed by atoms with E-state index in [9.17, 15) is 9.59 Å². The molecule has 1 unspecified atom stereocenters. The van der Waals surface area contributed by atoms with E-state index in [-0.39, 0.29) is 36.7 Å². The van der Waals surface area contributed by atoms with E-state index in [2.05, 4.69) is 25.9 Å². The second kappa shape index (κ2) is 9.60. The molecule has 11 heteroatoms. The van der Waals surface area contributed by atoms with Gasteiger partial charge in [-0.2, -0.15) is 5.10 Å². The molecule has 0 aromatic carbocycles. The monoisotopic (exact) mass is 400 g/mol. The van der Waals surface area contributed by atoms with Gasteiger partial charge in [0.05, 0.1) is 19.1 Å². The van der Waals surface area contributed by atoms with Crippen LogP contribution in [-0.2, 0) is 16.0 Å². The van der Waals surface area contributed by atoms with Crippen LogP contribution >= 0.6 is 23.7 Å². The largest absolute Gasteiger partial charge is 0.466 e. The fourth-order valence-electron chi connectivity index (χ4n) is 2.59. The van der Waals surface area contributed by atoms with E-state index in [0.29, 0.717) is 22.4 Å². The second-order valence-corrected chi connectivity index (χ2v) is 6.68. The lowest BCUT2D eigenvalue weighted by atomic mass is 10.1. The third-order valence-electron chi connectivity index (χ3n) is 3.77. The molecule has 0 spiro atoms. The zero-order valence-corrected chi connectivity index (χ0v) is 15.9. The molecule has 1 amide bonds. The highest BCUT2D eigenvalue weighted by atomic mass is 35.5. The van der Waals surface area contributed by atoms with Crippen molar-refractivity contribution in [1.82, 2.24) is 25.3 Å². The minimum absolute atomic E-state index is 0. The van der Waals surface area contributed by atoms with Gasteiger partial charge in [-0.3, -0.25) is 19.6 Å². The van der Waals surface area contributed by atoms with Crippen molar-refractivity contribution < 1.29 is 14.3 Å². The lowest BCUT2D eigenvalue weighted by molar-refractivity contribution is -0.142. The van der Waals surface area contributed by atoms with Gasteiger partial charge in [-0.15, -0.1) is 22.6 Å². The van der Waals surface area contributed by atoms with Crippen LogP contribution in [0, 0.1) is 0 Å². The lowest BCUT2D eigenvalue weighted by Crippen LogP contribution is -2.32. The van der Waals surface area contributed by atoms with E-state index in [1.54, 1.807) is 13.0 Å². The number of rotatable bonds is 6. The summed E-state index contributed by atoms with van der Waals surface area (Å²) in [5.74, 6) is -0.710. The van der Waals surface area contributed by atoms with Crippen molar-refractivity contribution in [2.75, 3.05) is 25.0 Å². The van der Waals surface area contributed by atoms with Crippen molar-refractivity contribution >= 4 is 40.8 Å². The van der Waals surface area contributed by atoms with E-state index in [1.807, 2.05) is 10.9 Å². The fourth-order valence-corrected chi connectivity index (χ4v) is 3.31. The third-order valence-corrected chi connectivity index (χ3v) is 4.61. The van der Waals surface area contributed by atoms with Gasteiger partial charge < -0.3 is 10.1 Å². The lowest BCUT2D eigenvalue weighted by Gasteiger charge is -2.22. The average Bonchev–Trinajstić information content (AvgIpc) is 3.25. The summed E-state index contributed by atoms with van der Waals surface area (Å²) in [6, 6.07) is 1.96. The predicted octanol–water partition coefficient (Wildman–Crippen LogP) is 1.44. The molecular weight excluding hydrogens is 380 g/mol. The van der Waals surface area contributed by atoms with Crippen LogP contribution in [0.5, 0.6) is 0 Å². The normalized spacial score (nSPS) is 16.6. The first kappa shape index (κ1) is 20.3. The summed E-state index contributed by atoms with van der Waals surface area (Å²) in [6.45, 7) is 3.94. The van der Waals surface area contributed by atoms with Crippen molar-refractivity contribution in [3.05, 3.63) is 23.0 Å². The maximum Gasteiger partial charge on any atom is 0.312 e. The van der Waals surface area contributed by atoms with Crippen LogP contribution in [0.4, 0.5) is 5.13 Å². The van der Waals surface area contributed by atoms with Crippen LogP contribution in [-0.4, -0.2) is 51.6 Å². The minimum atomic E-state index is -0.364. The SMILES string of the molecule is CCOC(=O)Cc1nnc(NC(=O)c2ccn(C3CCCNC3)n2)s1.Cl. The first-order chi connectivity index (χ1) is 12.2. The van der Waals surface area contributed by atoms with Gasteiger partial charge in [0.2, 0.25) is 5.13 Å². The van der Waals surface area contributed by atoms with Crippen LogP contribution in [0.1, 0.15) is 41.3 Å². The minimum Gasteiger partial charge on any atom is -0.466 e. The van der Waals surface area contributed by atoms with Crippen LogP contribution in [0.2, 0.25) is 0 Å². The summed E-state index contributed by atoms with van der Waals surface area (Å²) in [7, 11) is 0. The Balaban J connectivity index is 0.00000243. The van der Waals surface area contributed by atoms with Crippen LogP contribution in [0.15, 0.2) is 12.3 Å².